The first-order valence-corrected chi connectivity index (χ1v) is 9.62. The van der Waals surface area contributed by atoms with Crippen molar-refractivity contribution in [3.63, 3.8) is 0 Å². The number of nitrogens with zero attached hydrogens (tertiary/aromatic N) is 8. The Hall–Kier alpha value is -2.83. The van der Waals surface area contributed by atoms with Gasteiger partial charge in [-0.25, -0.2) is 0 Å². The molecule has 189 valence electrons. The molecular weight excluding hydrogens is 542 g/mol. The largest absolute Gasteiger partial charge is 0.673 e. The van der Waals surface area contributed by atoms with Crippen LogP contribution in [0.1, 0.15) is 11.4 Å². The average molecular weight is 564 g/mol. The van der Waals surface area contributed by atoms with Crippen LogP contribution in [0.5, 0.6) is 0 Å². The molecule has 2 rings (SSSR count). The van der Waals surface area contributed by atoms with E-state index >= 15 is 0 Å². The van der Waals surface area contributed by atoms with Crippen molar-refractivity contribution < 1.29 is 34.0 Å². The first-order valence-electron chi connectivity index (χ1n) is 8.80. The van der Waals surface area contributed by atoms with Gasteiger partial charge in [-0.05, 0) is 24.4 Å². The van der Waals surface area contributed by atoms with Crippen LogP contribution < -0.4 is 10.9 Å². The van der Waals surface area contributed by atoms with Crippen molar-refractivity contribution in [1.82, 2.24) is 40.6 Å². The van der Waals surface area contributed by atoms with Crippen LogP contribution in [0, 0.1) is 0 Å². The van der Waals surface area contributed by atoms with Crippen LogP contribution in [0.15, 0.2) is 47.4 Å². The molecule has 0 aliphatic heterocycles. The van der Waals surface area contributed by atoms with Crippen LogP contribution in [0.2, 0.25) is 0 Å². The molecule has 2 N–H and O–H groups in total. The van der Waals surface area contributed by atoms with Gasteiger partial charge in [-0.2, -0.15) is 10.2 Å². The molecule has 10 nitrogen and oxygen atoms in total. The molecule has 0 saturated heterocycles. The number of hydrogen-bond acceptors (Lipinski definition) is 8. The molecule has 0 aliphatic rings. The van der Waals surface area contributed by atoms with Crippen LogP contribution in [-0.2, 0) is 16.8 Å². The van der Waals surface area contributed by atoms with Gasteiger partial charge in [0.25, 0.3) is 0 Å². The summed E-state index contributed by atoms with van der Waals surface area (Å²) in [6.45, 7) is 0. The second kappa shape index (κ2) is 18.6. The van der Waals surface area contributed by atoms with E-state index in [4.69, 9.17) is 24.4 Å². The van der Waals surface area contributed by atoms with Gasteiger partial charge in [-0.1, -0.05) is 0 Å². The van der Waals surface area contributed by atoms with E-state index in [1.165, 1.54) is 0 Å². The zero-order valence-electron chi connectivity index (χ0n) is 18.4. The van der Waals surface area contributed by atoms with Crippen molar-refractivity contribution in [3.05, 3.63) is 48.6 Å². The first-order chi connectivity index (χ1) is 15.4. The van der Waals surface area contributed by atoms with Crippen LogP contribution in [0.4, 0.5) is 17.3 Å². The predicted molar refractivity (Wildman–Crippen MR) is 128 cm³/mol. The maximum absolute atomic E-state index is 9.75. The summed E-state index contributed by atoms with van der Waals surface area (Å²) < 4.78 is 39.0. The average Bonchev–Trinajstić information content (AvgIpc) is 2.74. The summed E-state index contributed by atoms with van der Waals surface area (Å²) >= 11 is 9.92. The van der Waals surface area contributed by atoms with E-state index in [1.54, 1.807) is 59.4 Å². The Morgan fingerprint density at radius 1 is 0.794 bits per heavy atom. The van der Waals surface area contributed by atoms with Crippen molar-refractivity contribution in [2.45, 2.75) is 0 Å². The minimum absolute atomic E-state index is 0. The van der Waals surface area contributed by atoms with Crippen LogP contribution >= 0.6 is 24.4 Å². The molecule has 0 spiro atoms. The fraction of sp³-hybridized carbons (Fsp3) is 0.250. The third-order valence-electron chi connectivity index (χ3n) is 2.69. The van der Waals surface area contributed by atoms with Gasteiger partial charge in [0.2, 0.25) is 0 Å². The molecule has 0 amide bonds. The predicted octanol–water partition coefficient (Wildman–Crippen LogP) is 1.79. The summed E-state index contributed by atoms with van der Waals surface area (Å²) in [5, 5.41) is 8.90. The molecule has 0 bridgehead atoms. The zero-order chi connectivity index (χ0) is 25.3. The quantitative estimate of drug-likeness (QED) is 0.188. The van der Waals surface area contributed by atoms with Gasteiger partial charge >= 0.3 is 7.25 Å². The minimum atomic E-state index is -6.00. The summed E-state index contributed by atoms with van der Waals surface area (Å²) in [6, 6.07) is 0. The van der Waals surface area contributed by atoms with Crippen LogP contribution in [-0.4, -0.2) is 87.8 Å². The van der Waals surface area contributed by atoms with Gasteiger partial charge in [0, 0.05) is 69.8 Å². The maximum atomic E-state index is 9.75. The van der Waals surface area contributed by atoms with Crippen molar-refractivity contribution in [1.29, 1.82) is 0 Å². The third kappa shape index (κ3) is 21.0. The van der Waals surface area contributed by atoms with Gasteiger partial charge in [0.05, 0.1) is 24.8 Å². The molecule has 0 fully saturated rings. The molecular formula is C16H22BCoF4N10S2-. The number of hydrogen-bond donors (Lipinski definition) is 2. The fourth-order valence-corrected chi connectivity index (χ4v) is 1.37. The van der Waals surface area contributed by atoms with Gasteiger partial charge in [0.1, 0.15) is 11.4 Å². The summed E-state index contributed by atoms with van der Waals surface area (Å²) in [4.78, 5) is 19.3. The Morgan fingerprint density at radius 2 is 1.12 bits per heavy atom. The molecule has 18 heteroatoms. The number of thiocarbonyl (C=S) groups is 2. The fourth-order valence-electron chi connectivity index (χ4n) is 1.26. The summed E-state index contributed by atoms with van der Waals surface area (Å²) in [5.41, 5.74) is 6.74. The van der Waals surface area contributed by atoms with E-state index in [9.17, 15) is 17.3 Å². The monoisotopic (exact) mass is 564 g/mol. The summed E-state index contributed by atoms with van der Waals surface area (Å²) in [7, 11) is 1.36. The molecule has 0 atom stereocenters. The van der Waals surface area contributed by atoms with Crippen LogP contribution in [0.3, 0.4) is 0 Å². The Balaban J connectivity index is 0. The zero-order valence-corrected chi connectivity index (χ0v) is 21.1. The minimum Gasteiger partial charge on any atom is -0.418 e. The smallest absolute Gasteiger partial charge is 0.418 e. The number of nitrogens with one attached hydrogen (secondary N) is 2. The van der Waals surface area contributed by atoms with E-state index in [0.29, 0.717) is 21.6 Å². The molecule has 0 saturated carbocycles. The molecule has 0 aliphatic carbocycles. The van der Waals surface area contributed by atoms with E-state index in [1.807, 2.05) is 28.2 Å². The molecule has 2 aromatic rings. The summed E-state index contributed by atoms with van der Waals surface area (Å²) in [6.07, 6.45) is 12.8. The van der Waals surface area contributed by atoms with Gasteiger partial charge in [0.15, 0.2) is 10.2 Å². The standard InChI is InChI=1S/2C8H11N5S.BF4.Co/c2*1-13(2)8(14)12-11-6-7-5-9-3-4-10-7;2-1(3,4)5;/h2*3-6H,1-2H3,(H,12,14);;/q;;-1;/b2*11-6+;;. The molecule has 2 heterocycles. The van der Waals surface area contributed by atoms with Crippen molar-refractivity contribution in [3.8, 4) is 0 Å². The maximum Gasteiger partial charge on any atom is 0.673 e. The molecule has 2 aromatic heterocycles. The Kier molecular flexibility index (Phi) is 18.2. The summed E-state index contributed by atoms with van der Waals surface area (Å²) in [5.74, 6) is 0. The van der Waals surface area contributed by atoms with Crippen molar-refractivity contribution in [2.24, 2.45) is 10.2 Å². The number of rotatable bonds is 4. The third-order valence-corrected chi connectivity index (χ3v) is 3.61. The normalized spacial score (nSPS) is 10.1. The Labute approximate surface area is 215 Å². The molecule has 0 unspecified atom stereocenters. The van der Waals surface area contributed by atoms with Crippen LogP contribution in [0.25, 0.3) is 0 Å². The molecule has 0 aromatic carbocycles. The first kappa shape index (κ1) is 33.3. The Morgan fingerprint density at radius 3 is 1.35 bits per heavy atom. The van der Waals surface area contributed by atoms with Gasteiger partial charge in [-0.3, -0.25) is 30.8 Å². The topological polar surface area (TPSA) is 107 Å². The second-order valence-electron chi connectivity index (χ2n) is 5.89. The molecule has 34 heavy (non-hydrogen) atoms. The van der Waals surface area contributed by atoms with Crippen molar-refractivity contribution >= 4 is 54.3 Å². The second-order valence-corrected chi connectivity index (χ2v) is 6.67. The van der Waals surface area contributed by atoms with Gasteiger partial charge < -0.3 is 27.1 Å². The van der Waals surface area contributed by atoms with E-state index < -0.39 is 7.25 Å². The Bertz CT molecular complexity index is 817. The van der Waals surface area contributed by atoms with Crippen molar-refractivity contribution in [2.75, 3.05) is 28.2 Å². The number of hydrazone groups is 2. The van der Waals surface area contributed by atoms with Gasteiger partial charge in [-0.15, -0.1) is 0 Å². The number of halogens is 4. The van der Waals surface area contributed by atoms with E-state index in [0.717, 1.165) is 0 Å². The SMILES string of the molecule is CN(C)C(=S)N/N=C/c1cnccn1.CN(C)C(=S)N/N=C/c1cnccn1.F[B-](F)(F)F.[Co]. The number of aromatic nitrogens is 4. The molecule has 1 radical (unpaired) electrons. The van der Waals surface area contributed by atoms with E-state index in [-0.39, 0.29) is 16.8 Å². The van der Waals surface area contributed by atoms with E-state index in [2.05, 4.69) is 41.0 Å².